The highest BCUT2D eigenvalue weighted by Crippen LogP contribution is 2.33. The van der Waals surface area contributed by atoms with Gasteiger partial charge < -0.3 is 10.2 Å². The molecule has 1 aliphatic heterocycles. The van der Waals surface area contributed by atoms with Gasteiger partial charge in [0.15, 0.2) is 0 Å². The summed E-state index contributed by atoms with van der Waals surface area (Å²) in [4.78, 5) is 35.8. The first-order chi connectivity index (χ1) is 14.7. The van der Waals surface area contributed by atoms with Gasteiger partial charge in [-0.2, -0.15) is 5.10 Å². The van der Waals surface area contributed by atoms with Crippen molar-refractivity contribution < 1.29 is 9.59 Å². The Balaban J connectivity index is 1.44. The highest BCUT2D eigenvalue weighted by Gasteiger charge is 2.33. The number of thiophene rings is 1. The summed E-state index contributed by atoms with van der Waals surface area (Å²) in [6.45, 7) is 5.50. The molecule has 4 heterocycles. The van der Waals surface area contributed by atoms with Crippen LogP contribution in [-0.4, -0.2) is 56.1 Å². The van der Waals surface area contributed by atoms with Crippen molar-refractivity contribution in [1.29, 1.82) is 0 Å². The number of nitrogens with one attached hydrogen (secondary N) is 1. The van der Waals surface area contributed by atoms with E-state index in [1.807, 2.05) is 22.2 Å². The average molecular weight is 423 g/mol. The van der Waals surface area contributed by atoms with E-state index in [9.17, 15) is 9.59 Å². The van der Waals surface area contributed by atoms with Crippen molar-refractivity contribution in [3.05, 3.63) is 55.0 Å². The summed E-state index contributed by atoms with van der Waals surface area (Å²) in [6.07, 6.45) is 8.72. The zero-order valence-electron chi connectivity index (χ0n) is 16.4. The van der Waals surface area contributed by atoms with Gasteiger partial charge in [0.05, 0.1) is 41.1 Å². The summed E-state index contributed by atoms with van der Waals surface area (Å²) in [5.74, 6) is -0.424. The first kappa shape index (κ1) is 20.0. The summed E-state index contributed by atoms with van der Waals surface area (Å²) >= 11 is 1.62. The summed E-state index contributed by atoms with van der Waals surface area (Å²) in [6, 6.07) is 4.03. The minimum Gasteiger partial charge on any atom is -0.354 e. The number of carbonyl (C=O) groups is 2. The van der Waals surface area contributed by atoms with Crippen LogP contribution in [0.3, 0.4) is 0 Å². The fourth-order valence-corrected chi connectivity index (χ4v) is 4.35. The van der Waals surface area contributed by atoms with Gasteiger partial charge >= 0.3 is 0 Å². The van der Waals surface area contributed by atoms with Crippen molar-refractivity contribution in [3.63, 3.8) is 0 Å². The van der Waals surface area contributed by atoms with Gasteiger partial charge in [-0.15, -0.1) is 17.9 Å². The second kappa shape index (κ2) is 9.00. The number of carbonyl (C=O) groups excluding carboxylic acids is 2. The third-order valence-corrected chi connectivity index (χ3v) is 5.87. The van der Waals surface area contributed by atoms with Crippen LogP contribution in [0.15, 0.2) is 55.0 Å². The number of rotatable bonds is 8. The molecule has 1 saturated heterocycles. The average Bonchev–Trinajstić information content (AvgIpc) is 3.49. The lowest BCUT2D eigenvalue weighted by Crippen LogP contribution is -2.35. The van der Waals surface area contributed by atoms with Gasteiger partial charge in [0.1, 0.15) is 0 Å². The SMILES string of the molecule is C=CCN1C[C@@H](C(=O)NCCn2ncc(-c3cnccn3)c2-c2cccs2)CC1=O. The van der Waals surface area contributed by atoms with Gasteiger partial charge in [0.2, 0.25) is 11.8 Å². The molecule has 0 radical (unpaired) electrons. The maximum absolute atomic E-state index is 12.5. The Labute approximate surface area is 178 Å². The zero-order chi connectivity index (χ0) is 20.9. The maximum Gasteiger partial charge on any atom is 0.225 e. The van der Waals surface area contributed by atoms with Gasteiger partial charge in [-0.05, 0) is 11.4 Å². The lowest BCUT2D eigenvalue weighted by atomic mass is 10.1. The summed E-state index contributed by atoms with van der Waals surface area (Å²) in [7, 11) is 0. The van der Waals surface area contributed by atoms with Crippen molar-refractivity contribution in [1.82, 2.24) is 30.0 Å². The Morgan fingerprint density at radius 2 is 2.27 bits per heavy atom. The molecule has 154 valence electrons. The third-order valence-electron chi connectivity index (χ3n) is 4.99. The second-order valence-corrected chi connectivity index (χ2v) is 7.93. The number of aromatic nitrogens is 4. The molecule has 2 amide bonds. The van der Waals surface area contributed by atoms with Crippen LogP contribution in [0, 0.1) is 5.92 Å². The van der Waals surface area contributed by atoms with Gasteiger partial charge in [0, 0.05) is 44.0 Å². The minimum absolute atomic E-state index is 0.00396. The van der Waals surface area contributed by atoms with Crippen molar-refractivity contribution in [3.8, 4) is 21.8 Å². The van der Waals surface area contributed by atoms with E-state index in [4.69, 9.17) is 0 Å². The Hall–Kier alpha value is -3.33. The maximum atomic E-state index is 12.5. The Morgan fingerprint density at radius 3 is 3.00 bits per heavy atom. The molecule has 1 N–H and O–H groups in total. The Kier molecular flexibility index (Phi) is 5.99. The van der Waals surface area contributed by atoms with E-state index in [1.54, 1.807) is 47.1 Å². The van der Waals surface area contributed by atoms with E-state index < -0.39 is 0 Å². The molecule has 0 aromatic carbocycles. The van der Waals surface area contributed by atoms with Crippen LogP contribution >= 0.6 is 11.3 Å². The molecule has 0 unspecified atom stereocenters. The van der Waals surface area contributed by atoms with E-state index in [1.165, 1.54) is 0 Å². The molecule has 4 rings (SSSR count). The molecule has 9 heteroatoms. The van der Waals surface area contributed by atoms with Gasteiger partial charge in [-0.3, -0.25) is 24.2 Å². The quantitative estimate of drug-likeness (QED) is 0.562. The summed E-state index contributed by atoms with van der Waals surface area (Å²) < 4.78 is 1.87. The van der Waals surface area contributed by atoms with E-state index in [0.717, 1.165) is 21.8 Å². The van der Waals surface area contributed by atoms with Crippen molar-refractivity contribution in [2.24, 2.45) is 5.92 Å². The summed E-state index contributed by atoms with van der Waals surface area (Å²) in [5, 5.41) is 9.49. The molecule has 0 saturated carbocycles. The van der Waals surface area contributed by atoms with Crippen molar-refractivity contribution in [2.45, 2.75) is 13.0 Å². The molecule has 30 heavy (non-hydrogen) atoms. The first-order valence-corrected chi connectivity index (χ1v) is 10.6. The molecular formula is C21H22N6O2S. The normalized spacial score (nSPS) is 16.1. The molecule has 8 nitrogen and oxygen atoms in total. The van der Waals surface area contributed by atoms with Crippen LogP contribution < -0.4 is 5.32 Å². The van der Waals surface area contributed by atoms with Crippen molar-refractivity contribution in [2.75, 3.05) is 19.6 Å². The fraction of sp³-hybridized carbons (Fsp3) is 0.286. The van der Waals surface area contributed by atoms with Gasteiger partial charge in [0.25, 0.3) is 0 Å². The monoisotopic (exact) mass is 422 g/mol. The van der Waals surface area contributed by atoms with Crippen LogP contribution in [0.4, 0.5) is 0 Å². The van der Waals surface area contributed by atoms with Gasteiger partial charge in [-0.1, -0.05) is 12.1 Å². The van der Waals surface area contributed by atoms with E-state index in [0.29, 0.717) is 26.2 Å². The molecule has 3 aromatic rings. The topological polar surface area (TPSA) is 93.0 Å². The number of likely N-dealkylation sites (tertiary alicyclic amines) is 1. The zero-order valence-corrected chi connectivity index (χ0v) is 17.2. The lowest BCUT2D eigenvalue weighted by Gasteiger charge is -2.14. The Morgan fingerprint density at radius 1 is 1.37 bits per heavy atom. The van der Waals surface area contributed by atoms with Crippen LogP contribution in [0.25, 0.3) is 21.8 Å². The molecule has 1 fully saturated rings. The highest BCUT2D eigenvalue weighted by atomic mass is 32.1. The van der Waals surface area contributed by atoms with Crippen LogP contribution in [0.5, 0.6) is 0 Å². The molecule has 0 spiro atoms. The fourth-order valence-electron chi connectivity index (χ4n) is 3.56. The predicted octanol–water partition coefficient (Wildman–Crippen LogP) is 2.22. The first-order valence-electron chi connectivity index (χ1n) is 9.70. The Bertz CT molecular complexity index is 1030. The third kappa shape index (κ3) is 4.16. The second-order valence-electron chi connectivity index (χ2n) is 6.98. The molecule has 3 aromatic heterocycles. The van der Waals surface area contributed by atoms with Crippen molar-refractivity contribution >= 4 is 23.2 Å². The lowest BCUT2D eigenvalue weighted by molar-refractivity contribution is -0.128. The molecule has 0 bridgehead atoms. The smallest absolute Gasteiger partial charge is 0.225 e. The highest BCUT2D eigenvalue weighted by molar-refractivity contribution is 7.13. The largest absolute Gasteiger partial charge is 0.354 e. The van der Waals surface area contributed by atoms with E-state index in [2.05, 4.69) is 27.0 Å². The van der Waals surface area contributed by atoms with E-state index in [-0.39, 0.29) is 24.2 Å². The molecule has 1 atom stereocenters. The molecule has 1 aliphatic rings. The summed E-state index contributed by atoms with van der Waals surface area (Å²) in [5.41, 5.74) is 2.61. The number of amides is 2. The van der Waals surface area contributed by atoms with E-state index >= 15 is 0 Å². The predicted molar refractivity (Wildman–Crippen MR) is 114 cm³/mol. The standard InChI is InChI=1S/C21H22N6O2S/c1-2-8-26-14-15(11-19(26)28)21(29)24-7-9-27-20(18-4-3-10-30-18)16(12-25-27)17-13-22-5-6-23-17/h2-6,10,12-13,15H,1,7-9,11,14H2,(H,24,29)/t15-/m0/s1. The van der Waals surface area contributed by atoms with Crippen LogP contribution in [0.2, 0.25) is 0 Å². The minimum atomic E-state index is -0.318. The van der Waals surface area contributed by atoms with Crippen LogP contribution in [-0.2, 0) is 16.1 Å². The molecule has 0 aliphatic carbocycles. The molecular weight excluding hydrogens is 400 g/mol. The van der Waals surface area contributed by atoms with Crippen LogP contribution in [0.1, 0.15) is 6.42 Å². The number of hydrogen-bond acceptors (Lipinski definition) is 6. The number of nitrogens with zero attached hydrogens (tertiary/aromatic N) is 5. The number of hydrogen-bond donors (Lipinski definition) is 1. The van der Waals surface area contributed by atoms with Gasteiger partial charge in [-0.25, -0.2) is 0 Å².